The maximum Gasteiger partial charge on any atom is 0.226 e. The van der Waals surface area contributed by atoms with Crippen molar-refractivity contribution < 1.29 is 9.26 Å². The van der Waals surface area contributed by atoms with Gasteiger partial charge in [0.15, 0.2) is 0 Å². The van der Waals surface area contributed by atoms with Crippen molar-refractivity contribution in [3.8, 4) is 5.88 Å². The van der Waals surface area contributed by atoms with Crippen molar-refractivity contribution in [1.29, 1.82) is 0 Å². The van der Waals surface area contributed by atoms with Gasteiger partial charge in [-0.3, -0.25) is 0 Å². The molecule has 0 spiro atoms. The Morgan fingerprint density at radius 3 is 3.00 bits per heavy atom. The lowest BCUT2D eigenvalue weighted by Crippen LogP contribution is -2.05. The Labute approximate surface area is 92.7 Å². The molecule has 0 fully saturated rings. The Morgan fingerprint density at radius 2 is 2.31 bits per heavy atom. The minimum Gasteiger partial charge on any atom is -0.481 e. The number of rotatable bonds is 4. The van der Waals surface area contributed by atoms with Crippen molar-refractivity contribution in [3.63, 3.8) is 0 Å². The highest BCUT2D eigenvalue weighted by Crippen LogP contribution is 2.11. The van der Waals surface area contributed by atoms with Gasteiger partial charge in [0.05, 0.1) is 13.7 Å². The van der Waals surface area contributed by atoms with Crippen LogP contribution in [0.5, 0.6) is 5.88 Å². The first-order chi connectivity index (χ1) is 7.78. The zero-order chi connectivity index (χ0) is 11.4. The second-order valence-electron chi connectivity index (χ2n) is 3.22. The van der Waals surface area contributed by atoms with E-state index < -0.39 is 0 Å². The summed E-state index contributed by atoms with van der Waals surface area (Å²) in [5.41, 5.74) is 1.64. The van der Waals surface area contributed by atoms with Crippen LogP contribution in [0.15, 0.2) is 22.9 Å². The van der Waals surface area contributed by atoms with Crippen molar-refractivity contribution in [2.45, 2.75) is 13.5 Å². The van der Waals surface area contributed by atoms with Gasteiger partial charge in [-0.05, 0) is 6.92 Å². The van der Waals surface area contributed by atoms with Crippen molar-refractivity contribution in [2.24, 2.45) is 0 Å². The first-order valence-corrected chi connectivity index (χ1v) is 4.81. The van der Waals surface area contributed by atoms with Gasteiger partial charge in [0.2, 0.25) is 11.8 Å². The molecule has 2 aromatic heterocycles. The van der Waals surface area contributed by atoms with Crippen LogP contribution in [0.4, 0.5) is 5.95 Å². The third-order valence-corrected chi connectivity index (χ3v) is 1.96. The molecule has 1 N–H and O–H groups in total. The Kier molecular flexibility index (Phi) is 3.00. The summed E-state index contributed by atoms with van der Waals surface area (Å²) in [5, 5.41) is 6.81. The van der Waals surface area contributed by atoms with Gasteiger partial charge in [0.25, 0.3) is 0 Å². The first kappa shape index (κ1) is 10.4. The van der Waals surface area contributed by atoms with Crippen molar-refractivity contribution >= 4 is 5.95 Å². The maximum absolute atomic E-state index is 5.05. The molecule has 0 atom stereocenters. The van der Waals surface area contributed by atoms with Crippen LogP contribution in [-0.4, -0.2) is 22.2 Å². The number of hydrogen-bond donors (Lipinski definition) is 1. The zero-order valence-electron chi connectivity index (χ0n) is 9.10. The standard InChI is InChI=1S/C10H12N4O2/c1-7-5-9(15-2)13-10(12-7)11-6-8-3-4-16-14-8/h3-5H,6H2,1-2H3,(H,11,12,13). The fraction of sp³-hybridized carbons (Fsp3) is 0.300. The van der Waals surface area contributed by atoms with Gasteiger partial charge in [0.1, 0.15) is 12.0 Å². The average Bonchev–Trinajstić information content (AvgIpc) is 2.78. The van der Waals surface area contributed by atoms with E-state index in [0.717, 1.165) is 11.4 Å². The number of hydrogen-bond acceptors (Lipinski definition) is 6. The number of anilines is 1. The van der Waals surface area contributed by atoms with Gasteiger partial charge in [-0.15, -0.1) is 0 Å². The topological polar surface area (TPSA) is 73.1 Å². The van der Waals surface area contributed by atoms with E-state index in [9.17, 15) is 0 Å². The summed E-state index contributed by atoms with van der Waals surface area (Å²) in [5.74, 6) is 1.05. The van der Waals surface area contributed by atoms with Crippen LogP contribution in [0, 0.1) is 6.92 Å². The molecule has 6 heteroatoms. The SMILES string of the molecule is COc1cc(C)nc(NCc2ccon2)n1. The highest BCUT2D eigenvalue weighted by atomic mass is 16.5. The predicted molar refractivity (Wildman–Crippen MR) is 57.2 cm³/mol. The second kappa shape index (κ2) is 4.61. The minimum absolute atomic E-state index is 0.514. The molecule has 16 heavy (non-hydrogen) atoms. The van der Waals surface area contributed by atoms with Crippen molar-refractivity contribution in [1.82, 2.24) is 15.1 Å². The average molecular weight is 220 g/mol. The van der Waals surface area contributed by atoms with Crippen LogP contribution in [0.1, 0.15) is 11.4 Å². The molecular weight excluding hydrogens is 208 g/mol. The van der Waals surface area contributed by atoms with Gasteiger partial charge in [-0.1, -0.05) is 5.16 Å². The number of aryl methyl sites for hydroxylation is 1. The van der Waals surface area contributed by atoms with Gasteiger partial charge in [-0.25, -0.2) is 4.98 Å². The summed E-state index contributed by atoms with van der Waals surface area (Å²) >= 11 is 0. The first-order valence-electron chi connectivity index (χ1n) is 4.81. The van der Waals surface area contributed by atoms with Gasteiger partial charge in [0, 0.05) is 17.8 Å². The van der Waals surface area contributed by atoms with E-state index in [1.807, 2.05) is 6.92 Å². The molecule has 0 aromatic carbocycles. The number of aromatic nitrogens is 3. The van der Waals surface area contributed by atoms with E-state index in [4.69, 9.17) is 9.26 Å². The predicted octanol–water partition coefficient (Wildman–Crippen LogP) is 1.39. The van der Waals surface area contributed by atoms with E-state index in [0.29, 0.717) is 18.4 Å². The van der Waals surface area contributed by atoms with Gasteiger partial charge >= 0.3 is 0 Å². The number of methoxy groups -OCH3 is 1. The third kappa shape index (κ3) is 2.47. The third-order valence-electron chi connectivity index (χ3n) is 1.96. The second-order valence-corrected chi connectivity index (χ2v) is 3.22. The maximum atomic E-state index is 5.05. The van der Waals surface area contributed by atoms with Gasteiger partial charge < -0.3 is 14.6 Å². The molecule has 0 unspecified atom stereocenters. The molecule has 0 aliphatic carbocycles. The Hall–Kier alpha value is -2.11. The van der Waals surface area contributed by atoms with Gasteiger partial charge in [-0.2, -0.15) is 4.98 Å². The lowest BCUT2D eigenvalue weighted by atomic mass is 10.4. The monoisotopic (exact) mass is 220 g/mol. The smallest absolute Gasteiger partial charge is 0.226 e. The molecule has 0 aliphatic heterocycles. The molecule has 0 radical (unpaired) electrons. The molecular formula is C10H12N4O2. The summed E-state index contributed by atoms with van der Waals surface area (Å²) in [6, 6.07) is 3.54. The summed E-state index contributed by atoms with van der Waals surface area (Å²) in [7, 11) is 1.57. The number of ether oxygens (including phenoxy) is 1. The summed E-state index contributed by atoms with van der Waals surface area (Å²) in [6.45, 7) is 2.40. The van der Waals surface area contributed by atoms with E-state index in [-0.39, 0.29) is 0 Å². The summed E-state index contributed by atoms with van der Waals surface area (Å²) < 4.78 is 9.76. The van der Waals surface area contributed by atoms with Crippen molar-refractivity contribution in [3.05, 3.63) is 29.8 Å². The molecule has 0 bridgehead atoms. The molecule has 2 aromatic rings. The van der Waals surface area contributed by atoms with E-state index in [1.165, 1.54) is 6.26 Å². The quantitative estimate of drug-likeness (QED) is 0.839. The highest BCUT2D eigenvalue weighted by Gasteiger charge is 2.02. The summed E-state index contributed by atoms with van der Waals surface area (Å²) in [6.07, 6.45) is 1.52. The fourth-order valence-corrected chi connectivity index (χ4v) is 1.22. The van der Waals surface area contributed by atoms with Crippen LogP contribution in [0.25, 0.3) is 0 Å². The molecule has 2 rings (SSSR count). The van der Waals surface area contributed by atoms with Crippen LogP contribution in [0.2, 0.25) is 0 Å². The van der Waals surface area contributed by atoms with Crippen LogP contribution in [-0.2, 0) is 6.54 Å². The molecule has 0 amide bonds. The Morgan fingerprint density at radius 1 is 1.44 bits per heavy atom. The van der Waals surface area contributed by atoms with E-state index >= 15 is 0 Å². The molecule has 0 aliphatic rings. The number of nitrogens with zero attached hydrogens (tertiary/aromatic N) is 3. The van der Waals surface area contributed by atoms with Crippen LogP contribution < -0.4 is 10.1 Å². The highest BCUT2D eigenvalue weighted by molar-refractivity contribution is 5.30. The minimum atomic E-state index is 0.514. The lowest BCUT2D eigenvalue weighted by molar-refractivity contribution is 0.397. The molecule has 0 saturated carbocycles. The fourth-order valence-electron chi connectivity index (χ4n) is 1.22. The van der Waals surface area contributed by atoms with E-state index in [2.05, 4.69) is 20.4 Å². The largest absolute Gasteiger partial charge is 0.481 e. The Bertz CT molecular complexity index is 456. The van der Waals surface area contributed by atoms with Crippen LogP contribution in [0.3, 0.4) is 0 Å². The lowest BCUT2D eigenvalue weighted by Gasteiger charge is -2.05. The molecule has 2 heterocycles. The Balaban J connectivity index is 2.06. The summed E-state index contributed by atoms with van der Waals surface area (Å²) in [4.78, 5) is 8.37. The normalized spacial score (nSPS) is 10.1. The van der Waals surface area contributed by atoms with Crippen LogP contribution >= 0.6 is 0 Å². The number of nitrogens with one attached hydrogen (secondary N) is 1. The van der Waals surface area contributed by atoms with E-state index in [1.54, 1.807) is 19.2 Å². The van der Waals surface area contributed by atoms with Crippen molar-refractivity contribution in [2.75, 3.05) is 12.4 Å². The molecule has 0 saturated heterocycles. The molecule has 84 valence electrons. The molecule has 6 nitrogen and oxygen atoms in total. The zero-order valence-corrected chi connectivity index (χ0v) is 9.10.